The molecule has 0 fully saturated rings. The fourth-order valence-corrected chi connectivity index (χ4v) is 2.85. The van der Waals surface area contributed by atoms with E-state index in [4.69, 9.17) is 16.3 Å². The zero-order valence-corrected chi connectivity index (χ0v) is 14.3. The van der Waals surface area contributed by atoms with Gasteiger partial charge in [0.1, 0.15) is 12.4 Å². The topological polar surface area (TPSA) is 9.23 Å². The van der Waals surface area contributed by atoms with Gasteiger partial charge in [0.15, 0.2) is 0 Å². The third-order valence-electron chi connectivity index (χ3n) is 2.76. The van der Waals surface area contributed by atoms with Gasteiger partial charge in [0.05, 0.1) is 0 Å². The van der Waals surface area contributed by atoms with E-state index in [0.717, 1.165) is 37.3 Å². The summed E-state index contributed by atoms with van der Waals surface area (Å²) in [6, 6.07) is 12.0. The van der Waals surface area contributed by atoms with Gasteiger partial charge in [0.2, 0.25) is 0 Å². The Morgan fingerprint density at radius 2 is 1.89 bits per heavy atom. The second-order valence-electron chi connectivity index (χ2n) is 4.27. The Hall–Kier alpha value is -0.510. The fourth-order valence-electron chi connectivity index (χ4n) is 1.72. The molecule has 0 bridgehead atoms. The van der Waals surface area contributed by atoms with Gasteiger partial charge in [-0.15, -0.1) is 0 Å². The highest BCUT2D eigenvalue weighted by atomic mass is 79.9. The molecule has 0 heterocycles. The maximum absolute atomic E-state index is 6.20. The Kier molecular flexibility index (Phi) is 5.31. The minimum absolute atomic E-state index is 0.473. The predicted octanol–water partition coefficient (Wildman–Crippen LogP) is 5.88. The fraction of sp³-hybridized carbons (Fsp3) is 0.200. The van der Waals surface area contributed by atoms with Crippen LogP contribution in [-0.4, -0.2) is 0 Å². The van der Waals surface area contributed by atoms with E-state index in [9.17, 15) is 0 Å². The molecule has 19 heavy (non-hydrogen) atoms. The molecule has 0 aromatic heterocycles. The first-order valence-electron chi connectivity index (χ1n) is 5.82. The molecule has 0 aliphatic rings. The molecule has 0 saturated carbocycles. The predicted molar refractivity (Wildman–Crippen MR) is 87.3 cm³/mol. The van der Waals surface area contributed by atoms with Crippen LogP contribution in [0.5, 0.6) is 5.75 Å². The lowest BCUT2D eigenvalue weighted by atomic mass is 10.1. The van der Waals surface area contributed by atoms with Crippen LogP contribution < -0.4 is 4.74 Å². The zero-order chi connectivity index (χ0) is 13.8. The lowest BCUT2D eigenvalue weighted by Crippen LogP contribution is -1.99. The van der Waals surface area contributed by atoms with E-state index >= 15 is 0 Å². The number of ether oxygens (including phenoxy) is 1. The molecule has 0 unspecified atom stereocenters. The molecule has 0 radical (unpaired) electrons. The van der Waals surface area contributed by atoms with Crippen LogP contribution in [0, 0.1) is 6.92 Å². The summed E-state index contributed by atoms with van der Waals surface area (Å²) in [4.78, 5) is 0. The third kappa shape index (κ3) is 3.98. The summed E-state index contributed by atoms with van der Waals surface area (Å²) in [5.74, 6) is 0.872. The standard InChI is InChI=1S/C15H13Br2ClO/c1-10-2-3-11(14(18)6-10)9-19-15-5-4-13(17)7-12(15)8-16/h2-7H,8-9H2,1H3. The Morgan fingerprint density at radius 1 is 1.11 bits per heavy atom. The summed E-state index contributed by atoms with van der Waals surface area (Å²) in [7, 11) is 0. The van der Waals surface area contributed by atoms with Crippen LogP contribution in [0.3, 0.4) is 0 Å². The van der Waals surface area contributed by atoms with E-state index in [1.165, 1.54) is 0 Å². The molecule has 4 heteroatoms. The first kappa shape index (κ1) is 14.9. The monoisotopic (exact) mass is 402 g/mol. The van der Waals surface area contributed by atoms with Crippen molar-refractivity contribution in [2.75, 3.05) is 0 Å². The number of alkyl halides is 1. The van der Waals surface area contributed by atoms with Crippen molar-refractivity contribution in [1.82, 2.24) is 0 Å². The number of hydrogen-bond acceptors (Lipinski definition) is 1. The molecule has 0 atom stereocenters. The Bertz CT molecular complexity index is 584. The van der Waals surface area contributed by atoms with Gasteiger partial charge in [-0.3, -0.25) is 0 Å². The van der Waals surface area contributed by atoms with Crippen molar-refractivity contribution in [2.24, 2.45) is 0 Å². The lowest BCUT2D eigenvalue weighted by molar-refractivity contribution is 0.304. The van der Waals surface area contributed by atoms with E-state index in [2.05, 4.69) is 31.9 Å². The summed E-state index contributed by atoms with van der Waals surface area (Å²) < 4.78 is 6.90. The van der Waals surface area contributed by atoms with Crippen LogP contribution in [0.2, 0.25) is 5.02 Å². The highest BCUT2D eigenvalue weighted by Gasteiger charge is 2.06. The molecule has 1 nitrogen and oxygen atoms in total. The third-order valence-corrected chi connectivity index (χ3v) is 4.21. The van der Waals surface area contributed by atoms with Crippen molar-refractivity contribution in [1.29, 1.82) is 0 Å². The second-order valence-corrected chi connectivity index (χ2v) is 6.15. The van der Waals surface area contributed by atoms with Crippen molar-refractivity contribution in [3.8, 4) is 5.75 Å². The first-order valence-corrected chi connectivity index (χ1v) is 8.11. The SMILES string of the molecule is Cc1ccc(COc2ccc(Br)cc2CBr)c(Cl)c1. The Balaban J connectivity index is 2.14. The molecule has 0 aliphatic carbocycles. The highest BCUT2D eigenvalue weighted by Crippen LogP contribution is 2.27. The lowest BCUT2D eigenvalue weighted by Gasteiger charge is -2.11. The Morgan fingerprint density at radius 3 is 2.58 bits per heavy atom. The molecular formula is C15H13Br2ClO. The maximum Gasteiger partial charge on any atom is 0.123 e. The van der Waals surface area contributed by atoms with Crippen LogP contribution in [-0.2, 0) is 11.9 Å². The van der Waals surface area contributed by atoms with Crippen LogP contribution in [0.15, 0.2) is 40.9 Å². The average Bonchev–Trinajstić information content (AvgIpc) is 2.39. The van der Waals surface area contributed by atoms with Gasteiger partial charge in [-0.1, -0.05) is 55.6 Å². The van der Waals surface area contributed by atoms with Gasteiger partial charge in [-0.2, -0.15) is 0 Å². The molecule has 0 N–H and O–H groups in total. The molecule has 2 aromatic rings. The number of hydrogen-bond donors (Lipinski definition) is 0. The minimum Gasteiger partial charge on any atom is -0.489 e. The van der Waals surface area contributed by atoms with Gasteiger partial charge in [0, 0.05) is 26.0 Å². The van der Waals surface area contributed by atoms with Crippen LogP contribution >= 0.6 is 43.5 Å². The number of benzene rings is 2. The average molecular weight is 405 g/mol. The van der Waals surface area contributed by atoms with Crippen molar-refractivity contribution < 1.29 is 4.74 Å². The van der Waals surface area contributed by atoms with Crippen molar-refractivity contribution >= 4 is 43.5 Å². The van der Waals surface area contributed by atoms with Crippen molar-refractivity contribution in [3.05, 3.63) is 62.6 Å². The van der Waals surface area contributed by atoms with E-state index in [1.807, 2.05) is 43.3 Å². The van der Waals surface area contributed by atoms with Gasteiger partial charge < -0.3 is 4.74 Å². The van der Waals surface area contributed by atoms with E-state index < -0.39 is 0 Å². The minimum atomic E-state index is 0.473. The molecule has 0 amide bonds. The molecule has 2 rings (SSSR count). The van der Waals surface area contributed by atoms with Crippen LogP contribution in [0.25, 0.3) is 0 Å². The van der Waals surface area contributed by atoms with Gasteiger partial charge >= 0.3 is 0 Å². The Labute approximate surface area is 135 Å². The normalized spacial score (nSPS) is 10.5. The molecular weight excluding hydrogens is 391 g/mol. The summed E-state index contributed by atoms with van der Waals surface area (Å²) in [6.45, 7) is 2.49. The van der Waals surface area contributed by atoms with Crippen LogP contribution in [0.4, 0.5) is 0 Å². The molecule has 0 spiro atoms. The maximum atomic E-state index is 6.20. The number of rotatable bonds is 4. The largest absolute Gasteiger partial charge is 0.489 e. The smallest absolute Gasteiger partial charge is 0.123 e. The number of halogens is 3. The molecule has 2 aromatic carbocycles. The second kappa shape index (κ2) is 6.78. The summed E-state index contributed by atoms with van der Waals surface area (Å²) in [6.07, 6.45) is 0. The van der Waals surface area contributed by atoms with Gasteiger partial charge in [-0.05, 0) is 36.8 Å². The van der Waals surface area contributed by atoms with Crippen molar-refractivity contribution in [3.63, 3.8) is 0 Å². The first-order chi connectivity index (χ1) is 9.10. The van der Waals surface area contributed by atoms with Crippen molar-refractivity contribution in [2.45, 2.75) is 18.9 Å². The van der Waals surface area contributed by atoms with E-state index in [0.29, 0.717) is 6.61 Å². The number of aryl methyl sites for hydroxylation is 1. The quantitative estimate of drug-likeness (QED) is 0.578. The van der Waals surface area contributed by atoms with E-state index in [-0.39, 0.29) is 0 Å². The zero-order valence-electron chi connectivity index (χ0n) is 10.4. The highest BCUT2D eigenvalue weighted by molar-refractivity contribution is 9.10. The summed E-state index contributed by atoms with van der Waals surface area (Å²) >= 11 is 13.1. The van der Waals surface area contributed by atoms with Gasteiger partial charge in [0.25, 0.3) is 0 Å². The van der Waals surface area contributed by atoms with Gasteiger partial charge in [-0.25, -0.2) is 0 Å². The summed E-state index contributed by atoms with van der Waals surface area (Å²) in [5, 5.41) is 1.50. The van der Waals surface area contributed by atoms with Crippen LogP contribution in [0.1, 0.15) is 16.7 Å². The van der Waals surface area contributed by atoms with E-state index in [1.54, 1.807) is 0 Å². The molecule has 0 saturated heterocycles. The summed E-state index contributed by atoms with van der Waals surface area (Å²) in [5.41, 5.74) is 3.26. The molecule has 100 valence electrons. The molecule has 0 aliphatic heterocycles.